The molecule has 0 spiro atoms. The summed E-state index contributed by atoms with van der Waals surface area (Å²) < 4.78 is 84.2. The number of ketones is 1. The maximum Gasteiger partial charge on any atom is 0.267 e. The molecule has 2 heterocycles. The van der Waals surface area contributed by atoms with Gasteiger partial charge in [-0.25, -0.2) is 36.3 Å². The molecule has 4 N–H and O–H groups in total. The second-order valence-corrected chi connectivity index (χ2v) is 21.3. The summed E-state index contributed by atoms with van der Waals surface area (Å²) in [5, 5.41) is 9.43. The van der Waals surface area contributed by atoms with E-state index < -0.39 is 41.2 Å². The molecule has 4 aromatic rings. The van der Waals surface area contributed by atoms with Crippen LogP contribution >= 0.6 is 11.6 Å². The lowest BCUT2D eigenvalue weighted by Gasteiger charge is -2.37. The number of benzene rings is 2. The van der Waals surface area contributed by atoms with E-state index in [1.807, 2.05) is 75.5 Å². The maximum absolute atomic E-state index is 14.7. The highest BCUT2D eigenvalue weighted by molar-refractivity contribution is 6.34. The van der Waals surface area contributed by atoms with Gasteiger partial charge in [0, 0.05) is 53.6 Å². The van der Waals surface area contributed by atoms with Crippen molar-refractivity contribution in [3.63, 3.8) is 0 Å². The standard InChI is InChI=1S/C37H41ClF4N4O.C9H16F2.C6H14.C3H8N2O.C2H6B/c1-7-8-28(43)32-22(5)29(10-9-27(32)38)46-34(26(20(2)3)18-23-16-24(39)19-25(40)17-23)45-33-31(35(46)47)21(4)15-30(44-33)36(6)11-13-37(41,42)14-12-36;1-6-3-8(10)5-9(11)4-7(6)2;1-3-5-6-4-2;1-3(6)2-5-4;1-3-2/h9-10,15-17,19-20,26,43H,7-8,11-14,18H2,1-6H3;6-9H,3-5H2,1-2H3;3-6H2,1-2H3;5H,2,4H2,1H3;1-2H3. The number of hydrazine groups is 1. The van der Waals surface area contributed by atoms with Crippen molar-refractivity contribution in [3.05, 3.63) is 97.2 Å². The van der Waals surface area contributed by atoms with Crippen molar-refractivity contribution in [2.75, 3.05) is 6.54 Å². The molecule has 2 aromatic heterocycles. The lowest BCUT2D eigenvalue weighted by Crippen LogP contribution is -2.35. The number of hydrogen-bond donors (Lipinski definition) is 3. The summed E-state index contributed by atoms with van der Waals surface area (Å²) in [5.41, 5.74) is 5.11. The summed E-state index contributed by atoms with van der Waals surface area (Å²) in [5.74, 6) is 1.10. The topological polar surface area (TPSA) is 127 Å². The molecule has 2 fully saturated rings. The number of rotatable bonds is 14. The van der Waals surface area contributed by atoms with Gasteiger partial charge in [0.25, 0.3) is 5.56 Å². The number of carbonyl (C=O) groups is 1. The summed E-state index contributed by atoms with van der Waals surface area (Å²) in [6, 6.07) is 8.59. The molecule has 73 heavy (non-hydrogen) atoms. The number of unbranched alkanes of at least 4 members (excludes halogenated alkanes) is 3. The number of carbonyl (C=O) groups excluding carboxylic acids is 1. The summed E-state index contributed by atoms with van der Waals surface area (Å²) in [6.07, 6.45) is 6.35. The third-order valence-corrected chi connectivity index (χ3v) is 14.1. The number of aromatic nitrogens is 3. The Hall–Kier alpha value is -4.08. The Bertz CT molecular complexity index is 2390. The van der Waals surface area contributed by atoms with E-state index in [4.69, 9.17) is 32.8 Å². The van der Waals surface area contributed by atoms with Gasteiger partial charge in [-0.05, 0) is 124 Å². The Morgan fingerprint density at radius 2 is 1.44 bits per heavy atom. The Morgan fingerprint density at radius 1 is 0.904 bits per heavy atom. The first kappa shape index (κ1) is 65.0. The van der Waals surface area contributed by atoms with Crippen molar-refractivity contribution in [1.82, 2.24) is 20.0 Å². The first-order chi connectivity index (χ1) is 34.2. The molecule has 0 saturated heterocycles. The maximum atomic E-state index is 14.7. The van der Waals surface area contributed by atoms with Gasteiger partial charge in [-0.1, -0.05) is 113 Å². The molecule has 5 unspecified atom stereocenters. The number of nitrogens with two attached hydrogens (primary N) is 1. The van der Waals surface area contributed by atoms with Crippen LogP contribution in [0.5, 0.6) is 0 Å². The number of hydrogen-bond acceptors (Lipinski definition) is 7. The van der Waals surface area contributed by atoms with E-state index in [-0.39, 0.29) is 68.0 Å². The number of nitrogens with one attached hydrogen (secondary N) is 2. The van der Waals surface area contributed by atoms with Crippen LogP contribution in [0.15, 0.2) is 41.2 Å². The fourth-order valence-corrected chi connectivity index (χ4v) is 9.56. The number of alkyl halides is 4. The molecule has 8 nitrogen and oxygen atoms in total. The monoisotopic (exact) mass is 1050 g/mol. The minimum Gasteiger partial charge on any atom is -0.305 e. The lowest BCUT2D eigenvalue weighted by molar-refractivity contribution is -0.116. The molecule has 5 atom stereocenters. The Labute approximate surface area is 438 Å². The van der Waals surface area contributed by atoms with Crippen LogP contribution in [0.4, 0.5) is 26.3 Å². The van der Waals surface area contributed by atoms with Crippen molar-refractivity contribution < 1.29 is 31.1 Å². The summed E-state index contributed by atoms with van der Waals surface area (Å²) in [6.45, 7) is 25.7. The molecule has 0 aliphatic heterocycles. The molecule has 6 rings (SSSR count). The molecular weight excluding hydrogens is 961 g/mol. The van der Waals surface area contributed by atoms with Gasteiger partial charge in [0.15, 0.2) is 5.65 Å². The van der Waals surface area contributed by atoms with Gasteiger partial charge in [0.2, 0.25) is 5.92 Å². The number of nitrogens with zero attached hydrogens (tertiary/aromatic N) is 3. The van der Waals surface area contributed by atoms with Crippen molar-refractivity contribution >= 4 is 41.4 Å². The molecule has 2 saturated carbocycles. The molecule has 2 aliphatic rings. The van der Waals surface area contributed by atoms with E-state index in [1.54, 1.807) is 19.1 Å². The fourth-order valence-electron chi connectivity index (χ4n) is 9.24. The quantitative estimate of drug-likeness (QED) is 0.0220. The number of Topliss-reactive ketones (excluding diaryl/α,β-unsaturated/α-hetero) is 1. The first-order valence-corrected chi connectivity index (χ1v) is 26.7. The highest BCUT2D eigenvalue weighted by atomic mass is 35.5. The predicted molar refractivity (Wildman–Crippen MR) is 292 cm³/mol. The van der Waals surface area contributed by atoms with E-state index >= 15 is 0 Å². The van der Waals surface area contributed by atoms with Gasteiger partial charge >= 0.3 is 0 Å². The van der Waals surface area contributed by atoms with Crippen LogP contribution < -0.4 is 16.8 Å². The Morgan fingerprint density at radius 3 is 1.89 bits per heavy atom. The van der Waals surface area contributed by atoms with Crippen molar-refractivity contribution in [2.45, 2.75) is 209 Å². The van der Waals surface area contributed by atoms with Crippen molar-refractivity contribution in [3.8, 4) is 5.69 Å². The molecular formula is C57H85BClF6N6O2. The van der Waals surface area contributed by atoms with Crippen LogP contribution in [0, 0.1) is 48.6 Å². The average Bonchev–Trinajstić information content (AvgIpc) is 3.40. The number of pyridine rings is 1. The van der Waals surface area contributed by atoms with E-state index in [9.17, 15) is 35.9 Å². The Kier molecular flexibility index (Phi) is 27.7. The van der Waals surface area contributed by atoms with Crippen LogP contribution in [0.2, 0.25) is 18.7 Å². The summed E-state index contributed by atoms with van der Waals surface area (Å²) in [7, 11) is 2.00. The minimum atomic E-state index is -2.71. The molecule has 407 valence electrons. The van der Waals surface area contributed by atoms with Crippen molar-refractivity contribution in [1.29, 1.82) is 5.41 Å². The van der Waals surface area contributed by atoms with Gasteiger partial charge in [-0.15, -0.1) is 0 Å². The third-order valence-electron chi connectivity index (χ3n) is 13.8. The van der Waals surface area contributed by atoms with Gasteiger partial charge in [-0.3, -0.25) is 25.4 Å². The molecule has 2 aliphatic carbocycles. The zero-order chi connectivity index (χ0) is 55.4. The van der Waals surface area contributed by atoms with Crippen LogP contribution in [-0.2, 0) is 16.6 Å². The van der Waals surface area contributed by atoms with E-state index in [2.05, 4.69) is 19.3 Å². The Balaban J connectivity index is 0.000000571. The number of aryl methyl sites for hydroxylation is 1. The third kappa shape index (κ3) is 19.9. The van der Waals surface area contributed by atoms with Gasteiger partial charge in [0.1, 0.15) is 42.9 Å². The first-order valence-electron chi connectivity index (χ1n) is 26.3. The molecule has 0 amide bonds. The second-order valence-electron chi connectivity index (χ2n) is 20.9. The molecule has 1 radical (unpaired) electrons. The molecule has 2 aromatic carbocycles. The summed E-state index contributed by atoms with van der Waals surface area (Å²) >= 11 is 6.62. The van der Waals surface area contributed by atoms with Gasteiger partial charge < -0.3 is 5.41 Å². The highest BCUT2D eigenvalue weighted by Crippen LogP contribution is 2.45. The smallest absolute Gasteiger partial charge is 0.267 e. The highest BCUT2D eigenvalue weighted by Gasteiger charge is 2.43. The molecule has 0 bridgehead atoms. The minimum absolute atomic E-state index is 0.0532. The second kappa shape index (κ2) is 31.1. The van der Waals surface area contributed by atoms with Crippen LogP contribution in [0.3, 0.4) is 0 Å². The molecule has 16 heteroatoms. The fraction of sp³-hybridized carbons (Fsp3) is 0.632. The van der Waals surface area contributed by atoms with Crippen molar-refractivity contribution in [2.24, 2.45) is 23.6 Å². The number of fused-ring (bicyclic) bond motifs is 1. The lowest BCUT2D eigenvalue weighted by atomic mass is 9.71. The van der Waals surface area contributed by atoms with E-state index in [1.165, 1.54) is 49.3 Å². The predicted octanol–water partition coefficient (Wildman–Crippen LogP) is 15.5. The van der Waals surface area contributed by atoms with Crippen LogP contribution in [0.1, 0.15) is 185 Å². The zero-order valence-corrected chi connectivity index (χ0v) is 46.7. The SMILES string of the molecule is CC(=O)CNN.CC1CC(F)CC(F)CC1C.CCCC(=N)c1c(Cl)ccc(-n2c(C(Cc3cc(F)cc(F)c3)C(C)C)nc3nc(C4(C)CCC(F)(F)CC4)cc(C)c3c2=O)c1C.CCCCCC.C[B]C. The van der Waals surface area contributed by atoms with E-state index in [0.717, 1.165) is 12.5 Å². The van der Waals surface area contributed by atoms with Crippen LogP contribution in [-0.4, -0.2) is 58.1 Å². The van der Waals surface area contributed by atoms with E-state index in [0.29, 0.717) is 86.7 Å². The average molecular weight is 1050 g/mol. The zero-order valence-electron chi connectivity index (χ0n) is 46.0. The van der Waals surface area contributed by atoms with Gasteiger partial charge in [-0.2, -0.15) is 0 Å². The largest absolute Gasteiger partial charge is 0.305 e. The normalized spacial score (nSPS) is 19.3. The van der Waals surface area contributed by atoms with Crippen LogP contribution in [0.25, 0.3) is 16.7 Å². The summed E-state index contributed by atoms with van der Waals surface area (Å²) in [4.78, 5) is 34.6. The van der Waals surface area contributed by atoms with Gasteiger partial charge in [0.05, 0.1) is 22.6 Å². The number of halogens is 7.